The first-order chi connectivity index (χ1) is 10.9. The largest absolute Gasteiger partial charge is 0.481 e. The standard InChI is InChI=1S/C17H25NO5S/c1-5-24(22,23)11-15(19)18-14(10-16(20)21)12-6-8-13(9-7-12)17(2,3)4/h6-9,14H,5,10-11H2,1-4H3,(H,18,19)(H,20,21). The average Bonchev–Trinajstić information content (AvgIpc) is 2.44. The van der Waals surface area contributed by atoms with Crippen molar-refractivity contribution in [2.75, 3.05) is 11.5 Å². The molecule has 1 aromatic carbocycles. The number of sulfone groups is 1. The van der Waals surface area contributed by atoms with Gasteiger partial charge in [-0.1, -0.05) is 52.0 Å². The smallest absolute Gasteiger partial charge is 0.305 e. The van der Waals surface area contributed by atoms with Gasteiger partial charge in [0.1, 0.15) is 5.75 Å². The third-order valence-electron chi connectivity index (χ3n) is 3.68. The number of carboxylic acids is 1. The molecule has 1 amide bonds. The number of amides is 1. The van der Waals surface area contributed by atoms with Gasteiger partial charge in [-0.3, -0.25) is 9.59 Å². The van der Waals surface area contributed by atoms with E-state index in [9.17, 15) is 18.0 Å². The van der Waals surface area contributed by atoms with Gasteiger partial charge in [0.2, 0.25) is 5.91 Å². The van der Waals surface area contributed by atoms with E-state index in [0.29, 0.717) is 5.56 Å². The lowest BCUT2D eigenvalue weighted by Gasteiger charge is -2.21. The Bertz CT molecular complexity index is 687. The Hall–Kier alpha value is -1.89. The van der Waals surface area contributed by atoms with Gasteiger partial charge in [-0.05, 0) is 16.5 Å². The number of benzene rings is 1. The lowest BCUT2D eigenvalue weighted by molar-refractivity contribution is -0.137. The minimum Gasteiger partial charge on any atom is -0.481 e. The Balaban J connectivity index is 2.97. The fourth-order valence-corrected chi connectivity index (χ4v) is 2.87. The fourth-order valence-electron chi connectivity index (χ4n) is 2.18. The Labute approximate surface area is 143 Å². The van der Waals surface area contributed by atoms with Crippen LogP contribution >= 0.6 is 0 Å². The lowest BCUT2D eigenvalue weighted by Crippen LogP contribution is -2.35. The van der Waals surface area contributed by atoms with Crippen LogP contribution < -0.4 is 5.32 Å². The van der Waals surface area contributed by atoms with Crippen LogP contribution in [0.1, 0.15) is 51.3 Å². The predicted octanol–water partition coefficient (Wildman–Crippen LogP) is 2.05. The maximum absolute atomic E-state index is 11.9. The van der Waals surface area contributed by atoms with E-state index < -0.39 is 33.5 Å². The second kappa shape index (κ2) is 7.79. The zero-order chi connectivity index (χ0) is 18.5. The van der Waals surface area contributed by atoms with E-state index in [1.165, 1.54) is 6.92 Å². The summed E-state index contributed by atoms with van der Waals surface area (Å²) < 4.78 is 23.1. The van der Waals surface area contributed by atoms with Gasteiger partial charge in [-0.25, -0.2) is 8.42 Å². The topological polar surface area (TPSA) is 101 Å². The van der Waals surface area contributed by atoms with Crippen molar-refractivity contribution in [3.05, 3.63) is 35.4 Å². The molecule has 2 N–H and O–H groups in total. The van der Waals surface area contributed by atoms with Crippen LogP contribution in [0.3, 0.4) is 0 Å². The molecule has 6 nitrogen and oxygen atoms in total. The van der Waals surface area contributed by atoms with Crippen LogP contribution in [-0.2, 0) is 24.8 Å². The minimum absolute atomic E-state index is 0.0424. The van der Waals surface area contributed by atoms with Crippen molar-refractivity contribution in [1.82, 2.24) is 5.32 Å². The van der Waals surface area contributed by atoms with Gasteiger partial charge in [0, 0.05) is 5.75 Å². The number of aliphatic carboxylic acids is 1. The number of carbonyl (C=O) groups excluding carboxylic acids is 1. The van der Waals surface area contributed by atoms with Crippen LogP contribution in [0.4, 0.5) is 0 Å². The van der Waals surface area contributed by atoms with E-state index >= 15 is 0 Å². The summed E-state index contributed by atoms with van der Waals surface area (Å²) in [4.78, 5) is 23.0. The number of hydrogen-bond acceptors (Lipinski definition) is 4. The van der Waals surface area contributed by atoms with Crippen molar-refractivity contribution in [1.29, 1.82) is 0 Å². The van der Waals surface area contributed by atoms with Crippen LogP contribution in [0, 0.1) is 0 Å². The summed E-state index contributed by atoms with van der Waals surface area (Å²) in [5, 5.41) is 11.6. The summed E-state index contributed by atoms with van der Waals surface area (Å²) in [6.45, 7) is 7.65. The van der Waals surface area contributed by atoms with Crippen LogP contribution in [0.15, 0.2) is 24.3 Å². The quantitative estimate of drug-likeness (QED) is 0.779. The Morgan fingerprint density at radius 3 is 2.12 bits per heavy atom. The van der Waals surface area contributed by atoms with E-state index in [0.717, 1.165) is 5.56 Å². The second-order valence-corrected chi connectivity index (χ2v) is 9.12. The van der Waals surface area contributed by atoms with Gasteiger partial charge >= 0.3 is 5.97 Å². The molecule has 0 aliphatic carbocycles. The molecule has 0 fully saturated rings. The molecule has 0 spiro atoms. The Morgan fingerprint density at radius 2 is 1.71 bits per heavy atom. The molecule has 0 bridgehead atoms. The van der Waals surface area contributed by atoms with Crippen molar-refractivity contribution in [3.63, 3.8) is 0 Å². The SMILES string of the molecule is CCS(=O)(=O)CC(=O)NC(CC(=O)O)c1ccc(C(C)(C)C)cc1. The molecule has 0 radical (unpaired) electrons. The summed E-state index contributed by atoms with van der Waals surface area (Å²) in [6.07, 6.45) is -0.313. The highest BCUT2D eigenvalue weighted by molar-refractivity contribution is 7.92. The van der Waals surface area contributed by atoms with Crippen LogP contribution in [0.5, 0.6) is 0 Å². The highest BCUT2D eigenvalue weighted by Gasteiger charge is 2.22. The van der Waals surface area contributed by atoms with Crippen molar-refractivity contribution < 1.29 is 23.1 Å². The van der Waals surface area contributed by atoms with Gasteiger partial charge in [0.25, 0.3) is 0 Å². The van der Waals surface area contributed by atoms with Crippen LogP contribution in [-0.4, -0.2) is 36.9 Å². The Morgan fingerprint density at radius 1 is 1.17 bits per heavy atom. The van der Waals surface area contributed by atoms with E-state index in [2.05, 4.69) is 26.1 Å². The molecule has 0 aliphatic heterocycles. The second-order valence-electron chi connectivity index (χ2n) is 6.77. The van der Waals surface area contributed by atoms with Crippen LogP contribution in [0.25, 0.3) is 0 Å². The predicted molar refractivity (Wildman–Crippen MR) is 92.6 cm³/mol. The van der Waals surface area contributed by atoms with Gasteiger partial charge in [-0.15, -0.1) is 0 Å². The molecule has 0 aliphatic rings. The number of carboxylic acid groups (broad SMARTS) is 1. The molecule has 0 aromatic heterocycles. The first-order valence-corrected chi connectivity index (χ1v) is 9.59. The first kappa shape index (κ1) is 20.2. The number of nitrogens with one attached hydrogen (secondary N) is 1. The van der Waals surface area contributed by atoms with E-state index in [1.807, 2.05) is 12.1 Å². The monoisotopic (exact) mass is 355 g/mol. The summed E-state index contributed by atoms with van der Waals surface area (Å²) in [7, 11) is -3.46. The van der Waals surface area contributed by atoms with E-state index in [1.54, 1.807) is 12.1 Å². The molecule has 134 valence electrons. The number of rotatable bonds is 7. The molecular weight excluding hydrogens is 330 g/mol. The third kappa shape index (κ3) is 6.31. The molecule has 7 heteroatoms. The summed E-state index contributed by atoms with van der Waals surface area (Å²) in [6, 6.07) is 6.54. The van der Waals surface area contributed by atoms with E-state index in [4.69, 9.17) is 5.11 Å². The summed E-state index contributed by atoms with van der Waals surface area (Å²) >= 11 is 0. The molecule has 1 aromatic rings. The van der Waals surface area contributed by atoms with Gasteiger partial charge < -0.3 is 10.4 Å². The van der Waals surface area contributed by atoms with Gasteiger partial charge in [0.05, 0.1) is 12.5 Å². The normalized spacial score (nSPS) is 13.3. The zero-order valence-corrected chi connectivity index (χ0v) is 15.3. The molecular formula is C17H25NO5S. The minimum atomic E-state index is -3.46. The highest BCUT2D eigenvalue weighted by atomic mass is 32.2. The molecule has 24 heavy (non-hydrogen) atoms. The van der Waals surface area contributed by atoms with Crippen LogP contribution in [0.2, 0.25) is 0 Å². The molecule has 1 unspecified atom stereocenters. The van der Waals surface area contributed by atoms with Gasteiger partial charge in [0.15, 0.2) is 9.84 Å². The molecule has 0 heterocycles. The molecule has 0 saturated heterocycles. The summed E-state index contributed by atoms with van der Waals surface area (Å²) in [5.41, 5.74) is 1.67. The molecule has 1 rings (SSSR count). The van der Waals surface area contributed by atoms with Crippen molar-refractivity contribution >= 4 is 21.7 Å². The third-order valence-corrected chi connectivity index (χ3v) is 5.27. The highest BCUT2D eigenvalue weighted by Crippen LogP contribution is 2.25. The van der Waals surface area contributed by atoms with Crippen molar-refractivity contribution in [2.24, 2.45) is 0 Å². The maximum Gasteiger partial charge on any atom is 0.305 e. The average molecular weight is 355 g/mol. The number of hydrogen-bond donors (Lipinski definition) is 2. The van der Waals surface area contributed by atoms with E-state index in [-0.39, 0.29) is 17.6 Å². The Kier molecular flexibility index (Phi) is 6.54. The lowest BCUT2D eigenvalue weighted by atomic mass is 9.86. The summed E-state index contributed by atoms with van der Waals surface area (Å²) in [5.74, 6) is -2.54. The fraction of sp³-hybridized carbons (Fsp3) is 0.529. The van der Waals surface area contributed by atoms with Crippen molar-refractivity contribution in [3.8, 4) is 0 Å². The number of carbonyl (C=O) groups is 2. The maximum atomic E-state index is 11.9. The first-order valence-electron chi connectivity index (χ1n) is 7.76. The molecule has 1 atom stereocenters. The molecule has 0 saturated carbocycles. The van der Waals surface area contributed by atoms with Gasteiger partial charge in [-0.2, -0.15) is 0 Å². The van der Waals surface area contributed by atoms with Crippen molar-refractivity contribution in [2.45, 2.75) is 45.6 Å². The zero-order valence-electron chi connectivity index (χ0n) is 14.5.